The van der Waals surface area contributed by atoms with Gasteiger partial charge in [-0.1, -0.05) is 0 Å². The molecule has 5 heteroatoms. The van der Waals surface area contributed by atoms with Crippen molar-refractivity contribution in [2.45, 2.75) is 32.2 Å². The quantitative estimate of drug-likeness (QED) is 0.901. The number of anilines is 1. The molecule has 1 atom stereocenters. The van der Waals surface area contributed by atoms with E-state index in [9.17, 15) is 4.39 Å². The zero-order chi connectivity index (χ0) is 12.5. The summed E-state index contributed by atoms with van der Waals surface area (Å²) in [5.41, 5.74) is 1.68. The molecule has 18 heavy (non-hydrogen) atoms. The third-order valence-electron chi connectivity index (χ3n) is 3.33. The second-order valence-electron chi connectivity index (χ2n) is 4.51. The van der Waals surface area contributed by atoms with Gasteiger partial charge in [-0.25, -0.2) is 14.4 Å². The van der Waals surface area contributed by atoms with Crippen molar-refractivity contribution in [3.8, 4) is 0 Å². The van der Waals surface area contributed by atoms with Gasteiger partial charge in [-0.3, -0.25) is 0 Å². The lowest BCUT2D eigenvalue weighted by atomic mass is 9.94. The zero-order valence-corrected chi connectivity index (χ0v) is 10.9. The predicted octanol–water partition coefficient (Wildman–Crippen LogP) is 3.48. The van der Waals surface area contributed by atoms with Crippen molar-refractivity contribution < 1.29 is 4.39 Å². The van der Waals surface area contributed by atoms with E-state index in [1.54, 1.807) is 18.3 Å². The van der Waals surface area contributed by atoms with Gasteiger partial charge in [0.05, 0.1) is 11.7 Å². The summed E-state index contributed by atoms with van der Waals surface area (Å²) < 4.78 is 13.9. The van der Waals surface area contributed by atoms with Crippen molar-refractivity contribution in [2.75, 3.05) is 5.32 Å². The molecular weight excluding hydrogens is 249 g/mol. The fraction of sp³-hybridized carbons (Fsp3) is 0.385. The number of rotatable bonds is 2. The monoisotopic (exact) mass is 263 g/mol. The molecule has 0 saturated heterocycles. The Balaban J connectivity index is 1.88. The molecule has 2 aromatic rings. The molecule has 2 heterocycles. The van der Waals surface area contributed by atoms with Crippen LogP contribution >= 0.6 is 11.3 Å². The number of aromatic nitrogens is 2. The van der Waals surface area contributed by atoms with Crippen LogP contribution in [-0.4, -0.2) is 9.97 Å². The zero-order valence-electron chi connectivity index (χ0n) is 10.1. The molecule has 0 saturated carbocycles. The molecular formula is C13H14FN3S. The number of aryl methyl sites for hydroxylation is 2. The average Bonchev–Trinajstić information content (AvgIpc) is 2.84. The Morgan fingerprint density at radius 1 is 1.44 bits per heavy atom. The van der Waals surface area contributed by atoms with Crippen molar-refractivity contribution in [3.05, 3.63) is 39.7 Å². The van der Waals surface area contributed by atoms with E-state index in [0.29, 0.717) is 11.5 Å². The van der Waals surface area contributed by atoms with E-state index in [-0.39, 0.29) is 11.9 Å². The highest BCUT2D eigenvalue weighted by molar-refractivity contribution is 7.10. The summed E-state index contributed by atoms with van der Waals surface area (Å²) in [6.07, 6.45) is 4.69. The van der Waals surface area contributed by atoms with E-state index in [0.717, 1.165) is 19.3 Å². The van der Waals surface area contributed by atoms with Crippen LogP contribution in [0.3, 0.4) is 0 Å². The van der Waals surface area contributed by atoms with Crippen LogP contribution in [0.15, 0.2) is 17.8 Å². The number of hydrogen-bond acceptors (Lipinski definition) is 4. The van der Waals surface area contributed by atoms with Gasteiger partial charge >= 0.3 is 0 Å². The summed E-state index contributed by atoms with van der Waals surface area (Å²) in [7, 11) is 0. The van der Waals surface area contributed by atoms with Crippen LogP contribution in [0.1, 0.15) is 35.0 Å². The molecule has 0 aromatic carbocycles. The largest absolute Gasteiger partial charge is 0.361 e. The molecule has 1 aliphatic carbocycles. The number of nitrogens with zero attached hydrogens (tertiary/aromatic N) is 2. The van der Waals surface area contributed by atoms with Crippen LogP contribution in [0.5, 0.6) is 0 Å². The lowest BCUT2D eigenvalue weighted by Crippen LogP contribution is -2.17. The van der Waals surface area contributed by atoms with Crippen LogP contribution in [0, 0.1) is 12.7 Å². The molecule has 94 valence electrons. The Labute approximate surface area is 109 Å². The maximum absolute atomic E-state index is 13.9. The van der Waals surface area contributed by atoms with Gasteiger partial charge in [0, 0.05) is 4.88 Å². The first-order chi connectivity index (χ1) is 8.75. The number of hydrogen-bond donors (Lipinski definition) is 1. The first kappa shape index (κ1) is 11.6. The van der Waals surface area contributed by atoms with Gasteiger partial charge in [0.25, 0.3) is 0 Å². The number of thiophene rings is 1. The van der Waals surface area contributed by atoms with Crippen molar-refractivity contribution in [3.63, 3.8) is 0 Å². The Bertz CT molecular complexity index is 567. The van der Waals surface area contributed by atoms with E-state index in [1.165, 1.54) is 16.8 Å². The first-order valence-electron chi connectivity index (χ1n) is 6.05. The minimum atomic E-state index is -0.347. The lowest BCUT2D eigenvalue weighted by molar-refractivity contribution is 0.578. The van der Waals surface area contributed by atoms with Crippen LogP contribution in [0.2, 0.25) is 0 Å². The van der Waals surface area contributed by atoms with E-state index < -0.39 is 0 Å². The molecule has 1 aliphatic rings. The summed E-state index contributed by atoms with van der Waals surface area (Å²) in [6, 6.07) is 2.30. The van der Waals surface area contributed by atoms with Crippen LogP contribution in [-0.2, 0) is 6.42 Å². The van der Waals surface area contributed by atoms with E-state index in [1.807, 2.05) is 0 Å². The Hall–Kier alpha value is -1.49. The minimum Gasteiger partial charge on any atom is -0.361 e. The Morgan fingerprint density at radius 2 is 2.33 bits per heavy atom. The van der Waals surface area contributed by atoms with Crippen molar-refractivity contribution in [1.82, 2.24) is 9.97 Å². The maximum Gasteiger partial charge on any atom is 0.186 e. The molecule has 0 spiro atoms. The first-order valence-corrected chi connectivity index (χ1v) is 6.93. The highest BCUT2D eigenvalue weighted by Gasteiger charge is 2.22. The van der Waals surface area contributed by atoms with E-state index in [4.69, 9.17) is 0 Å². The third kappa shape index (κ3) is 1.99. The van der Waals surface area contributed by atoms with Crippen LogP contribution in [0.4, 0.5) is 10.2 Å². The molecule has 0 radical (unpaired) electrons. The smallest absolute Gasteiger partial charge is 0.186 e. The number of fused-ring (bicyclic) bond motifs is 1. The molecule has 3 rings (SSSR count). The highest BCUT2D eigenvalue weighted by atomic mass is 32.1. The van der Waals surface area contributed by atoms with Gasteiger partial charge < -0.3 is 5.32 Å². The molecule has 0 aliphatic heterocycles. The van der Waals surface area contributed by atoms with E-state index in [2.05, 4.69) is 26.7 Å². The molecule has 0 amide bonds. The van der Waals surface area contributed by atoms with Crippen molar-refractivity contribution in [2.24, 2.45) is 0 Å². The van der Waals surface area contributed by atoms with Gasteiger partial charge in [0.15, 0.2) is 11.6 Å². The van der Waals surface area contributed by atoms with Gasteiger partial charge in [-0.15, -0.1) is 11.3 Å². The Kier molecular flexibility index (Phi) is 2.99. The molecule has 0 bridgehead atoms. The standard InChI is InChI=1S/C13H14FN3S/c1-8-12(14)13(16-7-15-8)17-10-3-2-4-11-9(10)5-6-18-11/h5-7,10H,2-4H2,1H3,(H,15,16,17). The number of halogens is 1. The fourth-order valence-corrected chi connectivity index (χ4v) is 3.35. The molecule has 1 unspecified atom stereocenters. The maximum atomic E-state index is 13.9. The van der Waals surface area contributed by atoms with E-state index >= 15 is 0 Å². The highest BCUT2D eigenvalue weighted by Crippen LogP contribution is 2.35. The summed E-state index contributed by atoms with van der Waals surface area (Å²) in [4.78, 5) is 9.25. The van der Waals surface area contributed by atoms with Gasteiger partial charge in [-0.05, 0) is 43.2 Å². The fourth-order valence-electron chi connectivity index (χ4n) is 2.36. The van der Waals surface area contributed by atoms with Gasteiger partial charge in [0.1, 0.15) is 6.33 Å². The van der Waals surface area contributed by atoms with Crippen LogP contribution in [0.25, 0.3) is 0 Å². The SMILES string of the molecule is Cc1ncnc(NC2CCCc3sccc32)c1F. The topological polar surface area (TPSA) is 37.8 Å². The van der Waals surface area contributed by atoms with Gasteiger partial charge in [-0.2, -0.15) is 0 Å². The summed E-state index contributed by atoms with van der Waals surface area (Å²) >= 11 is 1.78. The summed E-state index contributed by atoms with van der Waals surface area (Å²) in [5.74, 6) is -0.0357. The lowest BCUT2D eigenvalue weighted by Gasteiger charge is -2.24. The third-order valence-corrected chi connectivity index (χ3v) is 4.32. The summed E-state index contributed by atoms with van der Waals surface area (Å²) in [6.45, 7) is 1.65. The second kappa shape index (κ2) is 4.65. The number of nitrogens with one attached hydrogen (secondary N) is 1. The Morgan fingerprint density at radius 3 is 3.22 bits per heavy atom. The average molecular weight is 263 g/mol. The van der Waals surface area contributed by atoms with Crippen LogP contribution < -0.4 is 5.32 Å². The summed E-state index contributed by atoms with van der Waals surface area (Å²) in [5, 5.41) is 5.32. The van der Waals surface area contributed by atoms with Crippen molar-refractivity contribution in [1.29, 1.82) is 0 Å². The molecule has 3 nitrogen and oxygen atoms in total. The minimum absolute atomic E-state index is 0.170. The van der Waals surface area contributed by atoms with Crippen molar-refractivity contribution >= 4 is 17.2 Å². The normalized spacial score (nSPS) is 18.4. The van der Waals surface area contributed by atoms with Gasteiger partial charge in [0.2, 0.25) is 0 Å². The second-order valence-corrected chi connectivity index (χ2v) is 5.51. The molecule has 2 aromatic heterocycles. The predicted molar refractivity (Wildman–Crippen MR) is 70.3 cm³/mol. The molecule has 0 fully saturated rings. The molecule has 1 N–H and O–H groups in total.